The van der Waals surface area contributed by atoms with Crippen LogP contribution in [0, 0.1) is 18.8 Å². The molecule has 1 aromatic rings. The number of oxazole rings is 1. The molecule has 0 aliphatic rings. The maximum atomic E-state index is 12.8. The lowest BCUT2D eigenvalue weighted by atomic mass is 10.0. The molecule has 0 aliphatic carbocycles. The summed E-state index contributed by atoms with van der Waals surface area (Å²) in [4.78, 5) is 40.1. The second-order valence-electron chi connectivity index (χ2n) is 8.36. The molecule has 0 bridgehead atoms. The molecule has 0 saturated heterocycles. The first kappa shape index (κ1) is 23.5. The van der Waals surface area contributed by atoms with Crippen LogP contribution in [0.2, 0.25) is 0 Å². The third-order valence-electron chi connectivity index (χ3n) is 3.87. The van der Waals surface area contributed by atoms with Crippen molar-refractivity contribution in [3.8, 4) is 0 Å². The number of hydrogen-bond donors (Lipinski definition) is 3. The Morgan fingerprint density at radius 2 is 1.64 bits per heavy atom. The molecule has 2 amide bonds. The Balaban J connectivity index is 3.01. The molecule has 0 aliphatic heterocycles. The highest BCUT2D eigenvalue weighted by atomic mass is 16.6. The lowest BCUT2D eigenvalue weighted by Gasteiger charge is -2.27. The molecule has 3 N–H and O–H groups in total. The summed E-state index contributed by atoms with van der Waals surface area (Å²) in [6, 6.07) is -1.49. The van der Waals surface area contributed by atoms with Crippen molar-refractivity contribution in [2.75, 3.05) is 0 Å². The van der Waals surface area contributed by atoms with E-state index in [0.717, 1.165) is 0 Å². The number of carboxylic acids is 1. The highest BCUT2D eigenvalue weighted by Gasteiger charge is 2.32. The predicted octanol–water partition coefficient (Wildman–Crippen LogP) is 3.04. The Labute approximate surface area is 165 Å². The Morgan fingerprint density at radius 1 is 1.07 bits per heavy atom. The van der Waals surface area contributed by atoms with Crippen LogP contribution in [0.4, 0.5) is 4.79 Å². The van der Waals surface area contributed by atoms with Gasteiger partial charge in [-0.05, 0) is 39.5 Å². The molecule has 1 heterocycles. The number of aryl methyl sites for hydroxylation is 1. The fourth-order valence-electron chi connectivity index (χ4n) is 2.47. The summed E-state index contributed by atoms with van der Waals surface area (Å²) in [6.45, 7) is 14.0. The maximum Gasteiger partial charge on any atom is 0.408 e. The Morgan fingerprint density at radius 3 is 2.04 bits per heavy atom. The summed E-state index contributed by atoms with van der Waals surface area (Å²) < 4.78 is 10.7. The van der Waals surface area contributed by atoms with Crippen molar-refractivity contribution in [2.45, 2.75) is 73.1 Å². The second kappa shape index (κ2) is 9.07. The monoisotopic (exact) mass is 397 g/mol. The zero-order valence-corrected chi connectivity index (χ0v) is 17.7. The number of ether oxygens (including phenoxy) is 1. The molecular formula is C19H31N3O6. The molecule has 0 unspecified atom stereocenters. The quantitative estimate of drug-likeness (QED) is 0.644. The van der Waals surface area contributed by atoms with Crippen LogP contribution < -0.4 is 10.6 Å². The lowest BCUT2D eigenvalue weighted by Crippen LogP contribution is -2.52. The van der Waals surface area contributed by atoms with E-state index in [9.17, 15) is 14.4 Å². The number of alkyl carbamates (subject to hydrolysis) is 1. The van der Waals surface area contributed by atoms with E-state index in [1.54, 1.807) is 34.6 Å². The van der Waals surface area contributed by atoms with Gasteiger partial charge in [0.25, 0.3) is 0 Å². The fraction of sp³-hybridized carbons (Fsp3) is 0.684. The molecule has 1 aromatic heterocycles. The average molecular weight is 397 g/mol. The van der Waals surface area contributed by atoms with Gasteiger partial charge >= 0.3 is 12.1 Å². The SMILES string of the molecule is Cc1oc([C@H](NC(=O)[C@H](NC(=O)OC(C)(C)C)C(C)C)C(C)C)nc1C(=O)O. The second-order valence-corrected chi connectivity index (χ2v) is 8.36. The van der Waals surface area contributed by atoms with Crippen molar-refractivity contribution in [3.63, 3.8) is 0 Å². The maximum absolute atomic E-state index is 12.8. The van der Waals surface area contributed by atoms with Crippen LogP contribution in [0.3, 0.4) is 0 Å². The van der Waals surface area contributed by atoms with Gasteiger partial charge in [0.15, 0.2) is 5.69 Å². The molecule has 1 rings (SSSR count). The van der Waals surface area contributed by atoms with E-state index in [4.69, 9.17) is 14.3 Å². The molecule has 0 radical (unpaired) electrons. The molecule has 0 spiro atoms. The van der Waals surface area contributed by atoms with Crippen LogP contribution in [0.5, 0.6) is 0 Å². The van der Waals surface area contributed by atoms with Gasteiger partial charge in [-0.15, -0.1) is 0 Å². The number of nitrogens with zero attached hydrogens (tertiary/aromatic N) is 1. The van der Waals surface area contributed by atoms with E-state index in [1.165, 1.54) is 6.92 Å². The van der Waals surface area contributed by atoms with Crippen molar-refractivity contribution in [2.24, 2.45) is 11.8 Å². The van der Waals surface area contributed by atoms with E-state index < -0.39 is 35.7 Å². The number of aromatic nitrogens is 1. The normalized spacial score (nSPS) is 13.9. The molecule has 9 heteroatoms. The zero-order chi connectivity index (χ0) is 21.8. The fourth-order valence-corrected chi connectivity index (χ4v) is 2.47. The van der Waals surface area contributed by atoms with Gasteiger partial charge in [-0.25, -0.2) is 14.6 Å². The van der Waals surface area contributed by atoms with Gasteiger partial charge in [0, 0.05) is 0 Å². The summed E-state index contributed by atoms with van der Waals surface area (Å²) in [7, 11) is 0. The number of carboxylic acid groups (broad SMARTS) is 1. The number of amides is 2. The Kier molecular flexibility index (Phi) is 7.60. The first-order chi connectivity index (χ1) is 12.7. The van der Waals surface area contributed by atoms with Gasteiger partial charge < -0.3 is 24.9 Å². The highest BCUT2D eigenvalue weighted by Crippen LogP contribution is 2.24. The number of aromatic carboxylic acids is 1. The number of carbonyl (C=O) groups is 3. The minimum Gasteiger partial charge on any atom is -0.476 e. The van der Waals surface area contributed by atoms with Gasteiger partial charge in [0.2, 0.25) is 11.8 Å². The summed E-state index contributed by atoms with van der Waals surface area (Å²) >= 11 is 0. The largest absolute Gasteiger partial charge is 0.476 e. The van der Waals surface area contributed by atoms with Crippen molar-refractivity contribution in [1.29, 1.82) is 0 Å². The van der Waals surface area contributed by atoms with E-state index >= 15 is 0 Å². The highest BCUT2D eigenvalue weighted by molar-refractivity contribution is 5.87. The van der Waals surface area contributed by atoms with Crippen LogP contribution in [0.1, 0.15) is 76.6 Å². The molecular weight excluding hydrogens is 366 g/mol. The number of nitrogens with one attached hydrogen (secondary N) is 2. The van der Waals surface area contributed by atoms with Gasteiger partial charge in [-0.2, -0.15) is 0 Å². The molecule has 2 atom stereocenters. The Hall–Kier alpha value is -2.58. The van der Waals surface area contributed by atoms with E-state index in [1.807, 2.05) is 13.8 Å². The summed E-state index contributed by atoms with van der Waals surface area (Å²) in [5.41, 5.74) is -0.881. The minimum atomic E-state index is -1.20. The smallest absolute Gasteiger partial charge is 0.408 e. The molecule has 28 heavy (non-hydrogen) atoms. The lowest BCUT2D eigenvalue weighted by molar-refractivity contribution is -0.125. The standard InChI is InChI=1S/C19H31N3O6/c1-9(2)12(22-18(26)28-19(6,7)8)15(23)20-13(10(3)4)16-21-14(17(24)25)11(5)27-16/h9-10,12-13H,1-8H3,(H,20,23)(H,22,26)(H,24,25)/t12-,13-/m1/s1. The number of hydrogen-bond acceptors (Lipinski definition) is 6. The summed E-state index contributed by atoms with van der Waals surface area (Å²) in [5, 5.41) is 14.6. The van der Waals surface area contributed by atoms with E-state index in [2.05, 4.69) is 15.6 Å². The average Bonchev–Trinajstić information content (AvgIpc) is 2.89. The van der Waals surface area contributed by atoms with Crippen molar-refractivity contribution >= 4 is 18.0 Å². The zero-order valence-electron chi connectivity index (χ0n) is 17.7. The summed E-state index contributed by atoms with van der Waals surface area (Å²) in [5.74, 6) is -1.70. The number of carbonyl (C=O) groups excluding carboxylic acids is 2. The third-order valence-corrected chi connectivity index (χ3v) is 3.87. The van der Waals surface area contributed by atoms with Crippen molar-refractivity contribution < 1.29 is 28.6 Å². The minimum absolute atomic E-state index is 0.109. The first-order valence-corrected chi connectivity index (χ1v) is 9.23. The van der Waals surface area contributed by atoms with E-state index in [0.29, 0.717) is 0 Å². The molecule has 0 fully saturated rings. The van der Waals surface area contributed by atoms with Gasteiger partial charge in [0.1, 0.15) is 23.4 Å². The first-order valence-electron chi connectivity index (χ1n) is 9.23. The van der Waals surface area contributed by atoms with E-state index in [-0.39, 0.29) is 29.2 Å². The van der Waals surface area contributed by atoms with Crippen LogP contribution in [-0.4, -0.2) is 39.7 Å². The predicted molar refractivity (Wildman–Crippen MR) is 102 cm³/mol. The van der Waals surface area contributed by atoms with Crippen LogP contribution >= 0.6 is 0 Å². The van der Waals surface area contributed by atoms with Gasteiger partial charge in [-0.1, -0.05) is 27.7 Å². The van der Waals surface area contributed by atoms with Crippen molar-refractivity contribution in [3.05, 3.63) is 17.3 Å². The molecule has 0 saturated carbocycles. The summed E-state index contributed by atoms with van der Waals surface area (Å²) in [6.07, 6.45) is -0.692. The van der Waals surface area contributed by atoms with Crippen molar-refractivity contribution in [1.82, 2.24) is 15.6 Å². The molecule has 9 nitrogen and oxygen atoms in total. The third kappa shape index (κ3) is 6.54. The van der Waals surface area contributed by atoms with Crippen LogP contribution in [-0.2, 0) is 9.53 Å². The molecule has 158 valence electrons. The van der Waals surface area contributed by atoms with Crippen LogP contribution in [0.25, 0.3) is 0 Å². The van der Waals surface area contributed by atoms with Gasteiger partial charge in [0.05, 0.1) is 0 Å². The molecule has 0 aromatic carbocycles. The number of rotatable bonds is 7. The Bertz CT molecular complexity index is 718. The van der Waals surface area contributed by atoms with Crippen LogP contribution in [0.15, 0.2) is 4.42 Å². The van der Waals surface area contributed by atoms with Gasteiger partial charge in [-0.3, -0.25) is 4.79 Å². The topological polar surface area (TPSA) is 131 Å².